The summed E-state index contributed by atoms with van der Waals surface area (Å²) in [5, 5.41) is 2.50. The lowest BCUT2D eigenvalue weighted by molar-refractivity contribution is 0.570. The number of sulfone groups is 1. The summed E-state index contributed by atoms with van der Waals surface area (Å²) in [4.78, 5) is 0.771. The Balaban J connectivity index is 1.93. The summed E-state index contributed by atoms with van der Waals surface area (Å²) in [6.07, 6.45) is 0. The highest BCUT2D eigenvalue weighted by molar-refractivity contribution is 7.94. The normalized spacial score (nSPS) is 13.6. The second kappa shape index (κ2) is 7.84. The van der Waals surface area contributed by atoms with Gasteiger partial charge in [0.25, 0.3) is 0 Å². The summed E-state index contributed by atoms with van der Waals surface area (Å²) >= 11 is 2.43. The first-order chi connectivity index (χ1) is 12.7. The second-order valence-corrected chi connectivity index (χ2v) is 12.1. The van der Waals surface area contributed by atoms with E-state index in [1.54, 1.807) is 54.1 Å². The van der Waals surface area contributed by atoms with E-state index in [2.05, 4.69) is 4.72 Å². The number of benzene rings is 1. The number of hydrogen-bond acceptors (Lipinski definition) is 6. The highest BCUT2D eigenvalue weighted by Crippen LogP contribution is 2.33. The number of sulfonamides is 1. The molecule has 0 aliphatic carbocycles. The van der Waals surface area contributed by atoms with Crippen LogP contribution in [0.15, 0.2) is 62.3 Å². The van der Waals surface area contributed by atoms with Gasteiger partial charge in [-0.3, -0.25) is 0 Å². The third-order valence-corrected chi connectivity index (χ3v) is 10.3. The van der Waals surface area contributed by atoms with Crippen molar-refractivity contribution in [2.24, 2.45) is 0 Å². The maximum absolute atomic E-state index is 13.0. The van der Waals surface area contributed by atoms with Gasteiger partial charge in [-0.1, -0.05) is 24.3 Å². The monoisotopic (exact) mass is 441 g/mol. The Hall–Kier alpha value is -1.52. The Bertz CT molecular complexity index is 1120. The molecule has 0 fully saturated rings. The molecule has 0 bridgehead atoms. The van der Waals surface area contributed by atoms with Gasteiger partial charge in [0.05, 0.1) is 4.90 Å². The van der Waals surface area contributed by atoms with E-state index in [9.17, 15) is 16.8 Å². The summed E-state index contributed by atoms with van der Waals surface area (Å²) in [6, 6.07) is 11.9. The van der Waals surface area contributed by atoms with E-state index >= 15 is 0 Å². The molecule has 2 heterocycles. The Kier molecular flexibility index (Phi) is 5.87. The van der Waals surface area contributed by atoms with Crippen LogP contribution in [0.2, 0.25) is 0 Å². The molecule has 0 aliphatic heterocycles. The fourth-order valence-corrected chi connectivity index (χ4v) is 8.13. The van der Waals surface area contributed by atoms with E-state index in [4.69, 9.17) is 0 Å². The van der Waals surface area contributed by atoms with Crippen LogP contribution in [0.4, 0.5) is 0 Å². The molecule has 3 aromatic rings. The molecule has 0 saturated carbocycles. The van der Waals surface area contributed by atoms with Crippen molar-refractivity contribution in [1.29, 1.82) is 0 Å². The van der Waals surface area contributed by atoms with Gasteiger partial charge in [0.1, 0.15) is 9.46 Å². The van der Waals surface area contributed by atoms with Gasteiger partial charge in [-0.05, 0) is 53.9 Å². The number of hydrogen-bond donors (Lipinski definition) is 1. The molecule has 1 N–H and O–H groups in total. The van der Waals surface area contributed by atoms with Crippen LogP contribution in [-0.4, -0.2) is 23.4 Å². The summed E-state index contributed by atoms with van der Waals surface area (Å²) in [5.74, 6) is 0. The molecule has 0 unspecified atom stereocenters. The minimum absolute atomic E-state index is 0.168. The van der Waals surface area contributed by atoms with E-state index in [-0.39, 0.29) is 15.6 Å². The zero-order chi connectivity index (χ0) is 19.7. The maximum atomic E-state index is 13.0. The Morgan fingerprint density at radius 1 is 0.963 bits per heavy atom. The molecule has 27 heavy (non-hydrogen) atoms. The molecule has 3 rings (SSSR count). The van der Waals surface area contributed by atoms with Crippen LogP contribution in [0.1, 0.15) is 21.3 Å². The molecule has 1 atom stereocenters. The zero-order valence-corrected chi connectivity index (χ0v) is 18.0. The van der Waals surface area contributed by atoms with Crippen molar-refractivity contribution in [2.75, 3.05) is 6.54 Å². The third kappa shape index (κ3) is 4.33. The summed E-state index contributed by atoms with van der Waals surface area (Å²) < 4.78 is 54.4. The van der Waals surface area contributed by atoms with E-state index in [0.717, 1.165) is 16.9 Å². The third-order valence-electron chi connectivity index (χ3n) is 4.10. The molecule has 0 saturated heterocycles. The molecule has 0 spiro atoms. The molecule has 2 aromatic heterocycles. The van der Waals surface area contributed by atoms with Crippen LogP contribution in [0.25, 0.3) is 0 Å². The number of rotatable bonds is 7. The maximum Gasteiger partial charge on any atom is 0.240 e. The number of nitrogens with one attached hydrogen (secondary N) is 1. The van der Waals surface area contributed by atoms with Gasteiger partial charge in [0.15, 0.2) is 9.84 Å². The van der Waals surface area contributed by atoms with Crippen molar-refractivity contribution in [3.8, 4) is 0 Å². The Morgan fingerprint density at radius 2 is 1.67 bits per heavy atom. The predicted molar refractivity (Wildman–Crippen MR) is 110 cm³/mol. The van der Waals surface area contributed by atoms with Crippen molar-refractivity contribution in [3.63, 3.8) is 0 Å². The summed E-state index contributed by atoms with van der Waals surface area (Å²) in [6.45, 7) is 3.30. The smallest absolute Gasteiger partial charge is 0.222 e. The lowest BCUT2D eigenvalue weighted by Gasteiger charge is -2.17. The van der Waals surface area contributed by atoms with E-state index in [1.807, 2.05) is 13.0 Å². The highest BCUT2D eigenvalue weighted by atomic mass is 32.2. The van der Waals surface area contributed by atoms with Crippen LogP contribution < -0.4 is 4.72 Å². The molecule has 5 nitrogen and oxygen atoms in total. The van der Waals surface area contributed by atoms with Crippen LogP contribution in [-0.2, 0) is 19.9 Å². The van der Waals surface area contributed by atoms with Gasteiger partial charge in [-0.2, -0.15) is 0 Å². The minimum atomic E-state index is -3.84. The average molecular weight is 442 g/mol. The van der Waals surface area contributed by atoms with Crippen molar-refractivity contribution in [2.45, 2.75) is 28.2 Å². The SMILES string of the molecule is Cc1ccc(C)c(S(=O)(=O)NC[C@@H](c2cccs2)S(=O)(=O)c2cccs2)c1. The quantitative estimate of drug-likeness (QED) is 0.603. The van der Waals surface area contributed by atoms with Crippen molar-refractivity contribution >= 4 is 42.5 Å². The fourth-order valence-electron chi connectivity index (χ4n) is 2.66. The fraction of sp³-hybridized carbons (Fsp3) is 0.222. The van der Waals surface area contributed by atoms with Gasteiger partial charge in [0, 0.05) is 11.4 Å². The molecule has 1 aromatic carbocycles. The standard InChI is InChI=1S/C18H19NO4S4/c1-13-7-8-14(2)16(11-13)27(22,23)19-12-17(15-5-3-9-24-15)26(20,21)18-6-4-10-25-18/h3-11,17,19H,12H2,1-2H3/t17-/m0/s1. The number of aryl methyl sites for hydroxylation is 2. The molecular formula is C18H19NO4S4. The van der Waals surface area contributed by atoms with E-state index < -0.39 is 25.1 Å². The van der Waals surface area contributed by atoms with Crippen LogP contribution in [0.5, 0.6) is 0 Å². The van der Waals surface area contributed by atoms with Gasteiger partial charge in [-0.25, -0.2) is 21.6 Å². The van der Waals surface area contributed by atoms with E-state index in [1.165, 1.54) is 11.3 Å². The lowest BCUT2D eigenvalue weighted by Crippen LogP contribution is -2.32. The first kappa shape index (κ1) is 20.2. The largest absolute Gasteiger partial charge is 0.240 e. The Morgan fingerprint density at radius 3 is 2.30 bits per heavy atom. The first-order valence-electron chi connectivity index (χ1n) is 8.09. The van der Waals surface area contributed by atoms with Gasteiger partial charge >= 0.3 is 0 Å². The van der Waals surface area contributed by atoms with Crippen molar-refractivity contribution in [1.82, 2.24) is 4.72 Å². The number of thiophene rings is 2. The van der Waals surface area contributed by atoms with E-state index in [0.29, 0.717) is 10.4 Å². The predicted octanol–water partition coefficient (Wildman–Crippen LogP) is 3.92. The van der Waals surface area contributed by atoms with Crippen LogP contribution in [0, 0.1) is 13.8 Å². The summed E-state index contributed by atoms with van der Waals surface area (Å²) in [7, 11) is -7.54. The zero-order valence-electron chi connectivity index (χ0n) is 14.7. The first-order valence-corrected chi connectivity index (χ1v) is 12.9. The lowest BCUT2D eigenvalue weighted by atomic mass is 10.2. The minimum Gasteiger partial charge on any atom is -0.222 e. The summed E-state index contributed by atoms with van der Waals surface area (Å²) in [5.41, 5.74) is 1.43. The molecule has 0 amide bonds. The van der Waals surface area contributed by atoms with Gasteiger partial charge in [-0.15, -0.1) is 22.7 Å². The highest BCUT2D eigenvalue weighted by Gasteiger charge is 2.32. The molecule has 0 aliphatic rings. The Labute approximate surface area is 167 Å². The van der Waals surface area contributed by atoms with Crippen molar-refractivity contribution in [3.05, 3.63) is 69.2 Å². The molecule has 9 heteroatoms. The molecular weight excluding hydrogens is 422 g/mol. The molecule has 144 valence electrons. The van der Waals surface area contributed by atoms with Crippen LogP contribution >= 0.6 is 22.7 Å². The van der Waals surface area contributed by atoms with Gasteiger partial charge < -0.3 is 0 Å². The van der Waals surface area contributed by atoms with Gasteiger partial charge in [0.2, 0.25) is 10.0 Å². The average Bonchev–Trinajstić information content (AvgIpc) is 3.30. The second-order valence-electron chi connectivity index (χ2n) is 6.10. The van der Waals surface area contributed by atoms with Crippen molar-refractivity contribution < 1.29 is 16.8 Å². The topological polar surface area (TPSA) is 80.3 Å². The molecule has 0 radical (unpaired) electrons. The van der Waals surface area contributed by atoms with Crippen LogP contribution in [0.3, 0.4) is 0 Å².